The Hall–Kier alpha value is -2.13. The summed E-state index contributed by atoms with van der Waals surface area (Å²) in [6.45, 7) is 5.90. The largest absolute Gasteiger partial charge is 0.417 e. The van der Waals surface area contributed by atoms with Crippen LogP contribution in [0.5, 0.6) is 0 Å². The molecule has 0 spiro atoms. The summed E-state index contributed by atoms with van der Waals surface area (Å²) in [5.74, 6) is 0.418. The first-order valence-corrected chi connectivity index (χ1v) is 9.45. The Morgan fingerprint density at radius 1 is 1.32 bits per heavy atom. The maximum Gasteiger partial charge on any atom is 0.417 e. The highest BCUT2D eigenvalue weighted by molar-refractivity contribution is 6.32. The van der Waals surface area contributed by atoms with Crippen LogP contribution >= 0.6 is 11.6 Å². The Labute approximate surface area is 165 Å². The smallest absolute Gasteiger partial charge is 0.382 e. The summed E-state index contributed by atoms with van der Waals surface area (Å²) in [7, 11) is 0. The molecule has 0 bridgehead atoms. The molecule has 1 aliphatic heterocycles. The molecule has 3 heterocycles. The van der Waals surface area contributed by atoms with Gasteiger partial charge in [0.25, 0.3) is 5.56 Å². The zero-order valence-corrected chi connectivity index (χ0v) is 16.1. The Kier molecular flexibility index (Phi) is 6.24. The van der Waals surface area contributed by atoms with E-state index < -0.39 is 17.3 Å². The molecule has 0 radical (unpaired) electrons. The summed E-state index contributed by atoms with van der Waals surface area (Å²) < 4.78 is 38.8. The molecule has 1 fully saturated rings. The number of aromatic nitrogens is 3. The SMILES string of the molecule is CCN1CCC[C@H](CNc2cnn(-c3ccc(C(F)(F)F)cn3)c(=O)c2Cl)C1. The molecule has 0 aliphatic carbocycles. The molecule has 1 N–H and O–H groups in total. The van der Waals surface area contributed by atoms with Crippen molar-refractivity contribution in [1.82, 2.24) is 19.7 Å². The minimum Gasteiger partial charge on any atom is -0.382 e. The number of nitrogens with zero attached hydrogens (tertiary/aromatic N) is 4. The Morgan fingerprint density at radius 2 is 2.11 bits per heavy atom. The van der Waals surface area contributed by atoms with Crippen molar-refractivity contribution in [2.75, 3.05) is 31.5 Å². The topological polar surface area (TPSA) is 63.1 Å². The third kappa shape index (κ3) is 4.64. The average Bonchev–Trinajstić information content (AvgIpc) is 2.69. The number of pyridine rings is 1. The predicted molar refractivity (Wildman–Crippen MR) is 101 cm³/mol. The minimum absolute atomic E-state index is 0.0303. The van der Waals surface area contributed by atoms with Crippen LogP contribution in [0, 0.1) is 5.92 Å². The molecule has 2 aromatic heterocycles. The molecule has 0 unspecified atom stereocenters. The molecule has 1 saturated heterocycles. The highest BCUT2D eigenvalue weighted by atomic mass is 35.5. The van der Waals surface area contributed by atoms with E-state index in [0.29, 0.717) is 24.3 Å². The number of anilines is 1. The van der Waals surface area contributed by atoms with Crippen molar-refractivity contribution in [3.8, 4) is 5.82 Å². The van der Waals surface area contributed by atoms with Crippen LogP contribution in [0.2, 0.25) is 5.02 Å². The van der Waals surface area contributed by atoms with Gasteiger partial charge in [-0.05, 0) is 44.0 Å². The number of rotatable bonds is 5. The van der Waals surface area contributed by atoms with Crippen molar-refractivity contribution in [3.63, 3.8) is 0 Å². The average molecular weight is 416 g/mol. The van der Waals surface area contributed by atoms with Gasteiger partial charge in [0.2, 0.25) is 0 Å². The highest BCUT2D eigenvalue weighted by Gasteiger charge is 2.30. The van der Waals surface area contributed by atoms with Crippen LogP contribution in [-0.2, 0) is 6.18 Å². The Morgan fingerprint density at radius 3 is 2.75 bits per heavy atom. The fourth-order valence-electron chi connectivity index (χ4n) is 3.26. The Bertz CT molecular complexity index is 869. The molecule has 3 rings (SSSR count). The number of hydrogen-bond acceptors (Lipinski definition) is 5. The lowest BCUT2D eigenvalue weighted by Crippen LogP contribution is -2.38. The fraction of sp³-hybridized carbons (Fsp3) is 0.500. The number of likely N-dealkylation sites (tertiary alicyclic amines) is 1. The molecule has 0 amide bonds. The van der Waals surface area contributed by atoms with Gasteiger partial charge in [-0.2, -0.15) is 23.0 Å². The van der Waals surface area contributed by atoms with Gasteiger partial charge in [0.15, 0.2) is 5.82 Å². The number of piperidine rings is 1. The summed E-state index contributed by atoms with van der Waals surface area (Å²) in [4.78, 5) is 18.5. The van der Waals surface area contributed by atoms with E-state index in [9.17, 15) is 18.0 Å². The lowest BCUT2D eigenvalue weighted by atomic mass is 9.98. The minimum atomic E-state index is -4.50. The summed E-state index contributed by atoms with van der Waals surface area (Å²) in [6.07, 6.45) is -0.216. The molecule has 1 atom stereocenters. The molecule has 28 heavy (non-hydrogen) atoms. The second-order valence-corrected chi connectivity index (χ2v) is 7.15. The van der Waals surface area contributed by atoms with Crippen LogP contribution in [0.1, 0.15) is 25.3 Å². The third-order valence-electron chi connectivity index (χ3n) is 4.84. The van der Waals surface area contributed by atoms with Crippen LogP contribution in [0.4, 0.5) is 18.9 Å². The van der Waals surface area contributed by atoms with Gasteiger partial charge in [0, 0.05) is 19.3 Å². The summed E-state index contributed by atoms with van der Waals surface area (Å²) in [5, 5.41) is 7.10. The van der Waals surface area contributed by atoms with Crippen LogP contribution in [0.15, 0.2) is 29.3 Å². The molecule has 2 aromatic rings. The molecule has 6 nitrogen and oxygen atoms in total. The van der Waals surface area contributed by atoms with Crippen LogP contribution < -0.4 is 10.9 Å². The van der Waals surface area contributed by atoms with Crippen molar-refractivity contribution >= 4 is 17.3 Å². The van der Waals surface area contributed by atoms with E-state index in [-0.39, 0.29) is 10.8 Å². The van der Waals surface area contributed by atoms with Crippen LogP contribution in [0.3, 0.4) is 0 Å². The van der Waals surface area contributed by atoms with Crippen molar-refractivity contribution in [2.24, 2.45) is 5.92 Å². The van der Waals surface area contributed by atoms with E-state index in [2.05, 4.69) is 27.2 Å². The first-order valence-electron chi connectivity index (χ1n) is 9.07. The first kappa shape index (κ1) is 20.6. The van der Waals surface area contributed by atoms with Gasteiger partial charge in [0.1, 0.15) is 5.02 Å². The van der Waals surface area contributed by atoms with E-state index in [1.807, 2.05) is 0 Å². The standard InChI is InChI=1S/C18H21ClF3N5O/c1-2-26-7-3-4-12(11-26)8-23-14-10-25-27(17(28)16(14)19)15-6-5-13(9-24-15)18(20,21)22/h5-6,9-10,12,23H,2-4,7-8,11H2,1H3/t12-/m1/s1. The maximum absolute atomic E-state index is 12.6. The van der Waals surface area contributed by atoms with E-state index in [0.717, 1.165) is 49.3 Å². The van der Waals surface area contributed by atoms with Crippen LogP contribution in [-0.4, -0.2) is 45.8 Å². The van der Waals surface area contributed by atoms with Gasteiger partial charge < -0.3 is 10.2 Å². The molecular weight excluding hydrogens is 395 g/mol. The van der Waals surface area contributed by atoms with Gasteiger partial charge in [-0.1, -0.05) is 18.5 Å². The number of nitrogens with one attached hydrogen (secondary N) is 1. The molecule has 152 valence electrons. The molecular formula is C18H21ClF3N5O. The molecule has 10 heteroatoms. The van der Waals surface area contributed by atoms with E-state index in [1.54, 1.807) is 0 Å². The fourth-order valence-corrected chi connectivity index (χ4v) is 3.45. The van der Waals surface area contributed by atoms with Crippen molar-refractivity contribution in [2.45, 2.75) is 25.9 Å². The second-order valence-electron chi connectivity index (χ2n) is 6.77. The van der Waals surface area contributed by atoms with Gasteiger partial charge >= 0.3 is 6.18 Å². The summed E-state index contributed by atoms with van der Waals surface area (Å²) >= 11 is 6.17. The van der Waals surface area contributed by atoms with Gasteiger partial charge in [0.05, 0.1) is 17.4 Å². The van der Waals surface area contributed by atoms with Crippen LogP contribution in [0.25, 0.3) is 5.82 Å². The highest BCUT2D eigenvalue weighted by Crippen LogP contribution is 2.28. The zero-order valence-electron chi connectivity index (χ0n) is 15.3. The second kappa shape index (κ2) is 8.48. The number of alkyl halides is 3. The predicted octanol–water partition coefficient (Wildman–Crippen LogP) is 3.44. The first-order chi connectivity index (χ1) is 13.3. The maximum atomic E-state index is 12.6. The van der Waals surface area contributed by atoms with Gasteiger partial charge in [-0.15, -0.1) is 0 Å². The van der Waals surface area contributed by atoms with Gasteiger partial charge in [-0.25, -0.2) is 4.98 Å². The quantitative estimate of drug-likeness (QED) is 0.810. The normalized spacial score (nSPS) is 18.2. The Balaban J connectivity index is 1.73. The lowest BCUT2D eigenvalue weighted by Gasteiger charge is -2.32. The van der Waals surface area contributed by atoms with Crippen molar-refractivity contribution in [1.29, 1.82) is 0 Å². The van der Waals surface area contributed by atoms with E-state index >= 15 is 0 Å². The van der Waals surface area contributed by atoms with E-state index in [4.69, 9.17) is 11.6 Å². The molecule has 1 aliphatic rings. The molecule has 0 aromatic carbocycles. The van der Waals surface area contributed by atoms with Crippen molar-refractivity contribution < 1.29 is 13.2 Å². The number of halogens is 4. The summed E-state index contributed by atoms with van der Waals surface area (Å²) in [5.41, 5.74) is -1.14. The summed E-state index contributed by atoms with van der Waals surface area (Å²) in [6, 6.07) is 1.93. The van der Waals surface area contributed by atoms with Gasteiger partial charge in [-0.3, -0.25) is 4.79 Å². The third-order valence-corrected chi connectivity index (χ3v) is 5.21. The van der Waals surface area contributed by atoms with E-state index in [1.165, 1.54) is 6.20 Å². The zero-order chi connectivity index (χ0) is 20.3. The monoisotopic (exact) mass is 415 g/mol. The van der Waals surface area contributed by atoms with Crippen molar-refractivity contribution in [3.05, 3.63) is 45.5 Å². The lowest BCUT2D eigenvalue weighted by molar-refractivity contribution is -0.137. The number of hydrogen-bond donors (Lipinski definition) is 1. The molecule has 0 saturated carbocycles.